The summed E-state index contributed by atoms with van der Waals surface area (Å²) in [6.07, 6.45) is 0. The summed E-state index contributed by atoms with van der Waals surface area (Å²) in [6, 6.07) is 11.4. The van der Waals surface area contributed by atoms with Crippen LogP contribution in [0.15, 0.2) is 46.3 Å². The van der Waals surface area contributed by atoms with Crippen molar-refractivity contribution in [3.8, 4) is 11.5 Å². The molecule has 0 aliphatic heterocycles. The molecule has 0 atom stereocenters. The van der Waals surface area contributed by atoms with Crippen LogP contribution < -0.4 is 5.73 Å². The molecule has 0 amide bonds. The van der Waals surface area contributed by atoms with Crippen molar-refractivity contribution in [3.63, 3.8) is 0 Å². The Morgan fingerprint density at radius 3 is 2.95 bits per heavy atom. The summed E-state index contributed by atoms with van der Waals surface area (Å²) in [6.45, 7) is 0. The summed E-state index contributed by atoms with van der Waals surface area (Å²) in [5.41, 5.74) is 11.7. The SMILES string of the molecule is Nc1ccc2oc(-c3ccc4ncsc4c3)nc2c1. The first-order valence-electron chi connectivity index (χ1n) is 5.79. The second-order valence-corrected chi connectivity index (χ2v) is 5.17. The Labute approximate surface area is 112 Å². The molecule has 0 saturated heterocycles. The fourth-order valence-electron chi connectivity index (χ4n) is 2.06. The monoisotopic (exact) mass is 267 g/mol. The van der Waals surface area contributed by atoms with E-state index in [-0.39, 0.29) is 0 Å². The van der Waals surface area contributed by atoms with Crippen LogP contribution in [-0.2, 0) is 0 Å². The lowest BCUT2D eigenvalue weighted by Crippen LogP contribution is -1.82. The molecule has 92 valence electrons. The number of fused-ring (bicyclic) bond motifs is 2. The van der Waals surface area contributed by atoms with E-state index in [1.807, 2.05) is 41.9 Å². The van der Waals surface area contributed by atoms with Gasteiger partial charge in [-0.1, -0.05) is 0 Å². The molecule has 19 heavy (non-hydrogen) atoms. The van der Waals surface area contributed by atoms with Crippen molar-refractivity contribution in [2.24, 2.45) is 0 Å². The minimum Gasteiger partial charge on any atom is -0.436 e. The topological polar surface area (TPSA) is 64.9 Å². The van der Waals surface area contributed by atoms with Crippen molar-refractivity contribution < 1.29 is 4.42 Å². The number of thiazole rings is 1. The van der Waals surface area contributed by atoms with Crippen LogP contribution in [0.3, 0.4) is 0 Å². The molecule has 0 saturated carbocycles. The van der Waals surface area contributed by atoms with Crippen LogP contribution >= 0.6 is 11.3 Å². The molecule has 0 aliphatic carbocycles. The lowest BCUT2D eigenvalue weighted by Gasteiger charge is -1.94. The van der Waals surface area contributed by atoms with Crippen LogP contribution in [0.25, 0.3) is 32.8 Å². The van der Waals surface area contributed by atoms with Gasteiger partial charge in [0.25, 0.3) is 0 Å². The van der Waals surface area contributed by atoms with Crippen molar-refractivity contribution in [1.29, 1.82) is 0 Å². The van der Waals surface area contributed by atoms with Gasteiger partial charge in [0, 0.05) is 11.3 Å². The molecule has 0 unspecified atom stereocenters. The van der Waals surface area contributed by atoms with Gasteiger partial charge < -0.3 is 10.2 Å². The zero-order valence-corrected chi connectivity index (χ0v) is 10.6. The van der Waals surface area contributed by atoms with E-state index in [2.05, 4.69) is 9.97 Å². The molecule has 0 fully saturated rings. The number of hydrogen-bond acceptors (Lipinski definition) is 5. The first-order valence-corrected chi connectivity index (χ1v) is 6.67. The van der Waals surface area contributed by atoms with E-state index < -0.39 is 0 Å². The summed E-state index contributed by atoms with van der Waals surface area (Å²) < 4.78 is 6.88. The fourth-order valence-corrected chi connectivity index (χ4v) is 2.77. The zero-order chi connectivity index (χ0) is 12.8. The van der Waals surface area contributed by atoms with Gasteiger partial charge in [-0.2, -0.15) is 0 Å². The Morgan fingerprint density at radius 2 is 2.00 bits per heavy atom. The van der Waals surface area contributed by atoms with Gasteiger partial charge in [-0.3, -0.25) is 0 Å². The summed E-state index contributed by atoms with van der Waals surface area (Å²) >= 11 is 1.60. The quantitative estimate of drug-likeness (QED) is 0.534. The highest BCUT2D eigenvalue weighted by Crippen LogP contribution is 2.28. The standard InChI is InChI=1S/C14H9N3OS/c15-9-2-4-12-11(6-9)17-14(18-12)8-1-3-10-13(5-8)19-7-16-10/h1-7H,15H2. The highest BCUT2D eigenvalue weighted by Gasteiger charge is 2.09. The molecule has 4 nitrogen and oxygen atoms in total. The molecule has 0 spiro atoms. The lowest BCUT2D eigenvalue weighted by molar-refractivity contribution is 0.620. The zero-order valence-electron chi connectivity index (χ0n) is 9.83. The average Bonchev–Trinajstić information content (AvgIpc) is 3.02. The lowest BCUT2D eigenvalue weighted by atomic mass is 10.2. The van der Waals surface area contributed by atoms with Gasteiger partial charge in [0.1, 0.15) is 5.52 Å². The number of hydrogen-bond donors (Lipinski definition) is 1. The molecule has 0 aliphatic rings. The Kier molecular flexibility index (Phi) is 2.10. The van der Waals surface area contributed by atoms with Crippen LogP contribution in [0.2, 0.25) is 0 Å². The van der Waals surface area contributed by atoms with Gasteiger partial charge in [0.05, 0.1) is 15.7 Å². The van der Waals surface area contributed by atoms with Crippen LogP contribution in [0.1, 0.15) is 0 Å². The van der Waals surface area contributed by atoms with Gasteiger partial charge in [-0.25, -0.2) is 9.97 Å². The number of benzene rings is 2. The molecular weight excluding hydrogens is 258 g/mol. The fraction of sp³-hybridized carbons (Fsp3) is 0. The third-order valence-corrected chi connectivity index (χ3v) is 3.78. The van der Waals surface area contributed by atoms with Crippen molar-refractivity contribution in [3.05, 3.63) is 41.9 Å². The summed E-state index contributed by atoms with van der Waals surface area (Å²) in [4.78, 5) is 8.73. The second kappa shape index (κ2) is 3.80. The molecule has 2 N–H and O–H groups in total. The number of nitrogen functional groups attached to an aromatic ring is 1. The number of anilines is 1. The van der Waals surface area contributed by atoms with Gasteiger partial charge >= 0.3 is 0 Å². The maximum atomic E-state index is 5.75. The Balaban J connectivity index is 1.92. The van der Waals surface area contributed by atoms with Crippen LogP contribution in [0.4, 0.5) is 5.69 Å². The number of aromatic nitrogens is 2. The Hall–Kier alpha value is -2.40. The van der Waals surface area contributed by atoms with E-state index in [1.54, 1.807) is 11.3 Å². The first-order chi connectivity index (χ1) is 9.29. The smallest absolute Gasteiger partial charge is 0.227 e. The molecule has 0 radical (unpaired) electrons. The van der Waals surface area contributed by atoms with Gasteiger partial charge in [0.2, 0.25) is 5.89 Å². The summed E-state index contributed by atoms with van der Waals surface area (Å²) in [5.74, 6) is 0.607. The molecule has 2 heterocycles. The maximum Gasteiger partial charge on any atom is 0.227 e. The van der Waals surface area contributed by atoms with E-state index in [0.717, 1.165) is 26.9 Å². The summed E-state index contributed by atoms with van der Waals surface area (Å²) in [5, 5.41) is 0. The van der Waals surface area contributed by atoms with Crippen molar-refractivity contribution in [1.82, 2.24) is 9.97 Å². The normalized spacial score (nSPS) is 11.4. The first kappa shape index (κ1) is 10.5. The predicted molar refractivity (Wildman–Crippen MR) is 77.0 cm³/mol. The maximum absolute atomic E-state index is 5.75. The van der Waals surface area contributed by atoms with Crippen molar-refractivity contribution in [2.45, 2.75) is 0 Å². The molecule has 2 aromatic heterocycles. The molecule has 4 rings (SSSR count). The highest BCUT2D eigenvalue weighted by molar-refractivity contribution is 7.16. The molecule has 2 aromatic carbocycles. The second-order valence-electron chi connectivity index (χ2n) is 4.28. The number of nitrogens with two attached hydrogens (primary N) is 1. The number of oxazole rings is 1. The molecular formula is C14H9N3OS. The van der Waals surface area contributed by atoms with E-state index in [0.29, 0.717) is 11.6 Å². The molecule has 5 heteroatoms. The van der Waals surface area contributed by atoms with E-state index in [9.17, 15) is 0 Å². The largest absolute Gasteiger partial charge is 0.436 e. The van der Waals surface area contributed by atoms with Crippen molar-refractivity contribution in [2.75, 3.05) is 5.73 Å². The van der Waals surface area contributed by atoms with E-state index in [1.165, 1.54) is 0 Å². The third kappa shape index (κ3) is 1.67. The molecule has 0 bridgehead atoms. The highest BCUT2D eigenvalue weighted by atomic mass is 32.1. The van der Waals surface area contributed by atoms with Crippen LogP contribution in [-0.4, -0.2) is 9.97 Å². The molecule has 4 aromatic rings. The Morgan fingerprint density at radius 1 is 1.05 bits per heavy atom. The predicted octanol–water partition coefficient (Wildman–Crippen LogP) is 3.69. The number of rotatable bonds is 1. The van der Waals surface area contributed by atoms with Crippen molar-refractivity contribution >= 4 is 38.3 Å². The van der Waals surface area contributed by atoms with Crippen LogP contribution in [0.5, 0.6) is 0 Å². The third-order valence-electron chi connectivity index (χ3n) is 2.99. The van der Waals surface area contributed by atoms with Gasteiger partial charge in [0.15, 0.2) is 5.58 Å². The Bertz CT molecular complexity index is 894. The van der Waals surface area contributed by atoms with Gasteiger partial charge in [-0.15, -0.1) is 11.3 Å². The van der Waals surface area contributed by atoms with E-state index in [4.69, 9.17) is 10.2 Å². The van der Waals surface area contributed by atoms with E-state index >= 15 is 0 Å². The average molecular weight is 267 g/mol. The van der Waals surface area contributed by atoms with Gasteiger partial charge in [-0.05, 0) is 36.4 Å². The minimum absolute atomic E-state index is 0.607. The van der Waals surface area contributed by atoms with Crippen LogP contribution in [0, 0.1) is 0 Å². The summed E-state index contributed by atoms with van der Waals surface area (Å²) in [7, 11) is 0. The minimum atomic E-state index is 0.607. The number of nitrogens with zero attached hydrogens (tertiary/aromatic N) is 2.